The summed E-state index contributed by atoms with van der Waals surface area (Å²) >= 11 is 2.76. The Balaban J connectivity index is 1.34. The molecule has 1 unspecified atom stereocenters. The Kier molecular flexibility index (Phi) is 12.8. The van der Waals surface area contributed by atoms with Crippen molar-refractivity contribution in [2.45, 2.75) is 62.5 Å². The normalized spacial score (nSPS) is 13.3. The Morgan fingerprint density at radius 2 is 1.69 bits per heavy atom. The van der Waals surface area contributed by atoms with Crippen molar-refractivity contribution < 1.29 is 28.8 Å². The summed E-state index contributed by atoms with van der Waals surface area (Å²) in [6, 6.07) is 21.1. The minimum Gasteiger partial charge on any atom is -0.462 e. The Labute approximate surface area is 304 Å². The molecule has 0 spiro atoms. The Bertz CT molecular complexity index is 1960. The number of esters is 1. The quantitative estimate of drug-likeness (QED) is 0.0312. The molecule has 1 aliphatic carbocycles. The number of thioether (sulfide) groups is 1. The summed E-state index contributed by atoms with van der Waals surface area (Å²) in [4.78, 5) is 66.3. The van der Waals surface area contributed by atoms with E-state index >= 15 is 0 Å². The molecule has 3 amide bonds. The number of fused-ring (bicyclic) bond motifs is 1. The van der Waals surface area contributed by atoms with Gasteiger partial charge in [-0.2, -0.15) is 0 Å². The van der Waals surface area contributed by atoms with Crippen LogP contribution in [0, 0.1) is 10.1 Å². The van der Waals surface area contributed by atoms with Gasteiger partial charge in [0.25, 0.3) is 17.5 Å². The number of aryl methyl sites for hydroxylation is 1. The maximum absolute atomic E-state index is 13.6. The van der Waals surface area contributed by atoms with E-state index < -0.39 is 28.0 Å². The third kappa shape index (κ3) is 9.50. The van der Waals surface area contributed by atoms with Crippen LogP contribution in [0.25, 0.3) is 6.08 Å². The van der Waals surface area contributed by atoms with Crippen LogP contribution in [0.5, 0.6) is 0 Å². The second-order valence-electron chi connectivity index (χ2n) is 11.7. The molecule has 11 nitrogen and oxygen atoms in total. The predicted octanol–water partition coefficient (Wildman–Crippen LogP) is 8.02. The molecule has 4 aromatic rings. The lowest BCUT2D eigenvalue weighted by molar-refractivity contribution is -0.385. The molecule has 1 aromatic heterocycles. The fraction of sp³-hybridized carbons (Fsp3) is 0.263. The van der Waals surface area contributed by atoms with Crippen molar-refractivity contribution >= 4 is 69.2 Å². The molecular weight excluding hydrogens is 689 g/mol. The lowest BCUT2D eigenvalue weighted by Gasteiger charge is -2.16. The smallest absolute Gasteiger partial charge is 0.341 e. The highest BCUT2D eigenvalue weighted by atomic mass is 32.2. The number of carbonyl (C=O) groups excluding carboxylic acids is 4. The van der Waals surface area contributed by atoms with Crippen LogP contribution in [0.2, 0.25) is 0 Å². The number of amides is 3. The van der Waals surface area contributed by atoms with E-state index in [1.807, 2.05) is 13.0 Å². The number of benzene rings is 3. The molecular formula is C38H38N4O7S2. The third-order valence-corrected chi connectivity index (χ3v) is 10.7. The first-order valence-corrected chi connectivity index (χ1v) is 18.4. The molecule has 3 N–H and O–H groups in total. The Morgan fingerprint density at radius 1 is 0.941 bits per heavy atom. The maximum Gasteiger partial charge on any atom is 0.341 e. The van der Waals surface area contributed by atoms with E-state index in [0.717, 1.165) is 42.5 Å². The van der Waals surface area contributed by atoms with Crippen molar-refractivity contribution in [3.8, 4) is 0 Å². The van der Waals surface area contributed by atoms with Crippen LogP contribution >= 0.6 is 23.1 Å². The van der Waals surface area contributed by atoms with Crippen LogP contribution in [-0.4, -0.2) is 40.5 Å². The SMILES string of the molecule is CCOC(=O)c1c(NC(=O)C(CC)Sc2cccc(NC(=O)/C(=C\c3ccccc3[N+](=O)[O-])NC(=O)c3ccccc3)c2)sc2c1CCCCC2. The molecule has 0 saturated heterocycles. The van der Waals surface area contributed by atoms with Crippen molar-refractivity contribution in [2.24, 2.45) is 0 Å². The number of nitrogens with one attached hydrogen (secondary N) is 3. The van der Waals surface area contributed by atoms with E-state index in [-0.39, 0.29) is 29.5 Å². The average molecular weight is 727 g/mol. The van der Waals surface area contributed by atoms with Crippen molar-refractivity contribution in [3.05, 3.63) is 122 Å². The van der Waals surface area contributed by atoms with Crippen LogP contribution in [0.1, 0.15) is 76.3 Å². The van der Waals surface area contributed by atoms with Gasteiger partial charge < -0.3 is 20.7 Å². The summed E-state index contributed by atoms with van der Waals surface area (Å²) in [5.74, 6) is -1.94. The van der Waals surface area contributed by atoms with Gasteiger partial charge >= 0.3 is 5.97 Å². The summed E-state index contributed by atoms with van der Waals surface area (Å²) in [7, 11) is 0. The molecule has 0 radical (unpaired) electrons. The van der Waals surface area contributed by atoms with Gasteiger partial charge in [0.05, 0.1) is 27.9 Å². The number of hydrogen-bond acceptors (Lipinski definition) is 9. The second kappa shape index (κ2) is 17.6. The van der Waals surface area contributed by atoms with E-state index in [2.05, 4.69) is 16.0 Å². The van der Waals surface area contributed by atoms with E-state index in [4.69, 9.17) is 4.74 Å². The predicted molar refractivity (Wildman–Crippen MR) is 200 cm³/mol. The van der Waals surface area contributed by atoms with Crippen molar-refractivity contribution in [1.29, 1.82) is 0 Å². The van der Waals surface area contributed by atoms with Crippen LogP contribution in [0.3, 0.4) is 0 Å². The van der Waals surface area contributed by atoms with Crippen molar-refractivity contribution in [3.63, 3.8) is 0 Å². The molecule has 0 fully saturated rings. The lowest BCUT2D eigenvalue weighted by Crippen LogP contribution is -2.30. The zero-order valence-corrected chi connectivity index (χ0v) is 29.9. The van der Waals surface area contributed by atoms with Crippen LogP contribution in [-0.2, 0) is 27.2 Å². The molecule has 0 aliphatic heterocycles. The van der Waals surface area contributed by atoms with E-state index in [1.54, 1.807) is 61.5 Å². The van der Waals surface area contributed by atoms with Gasteiger partial charge in [-0.1, -0.05) is 49.7 Å². The van der Waals surface area contributed by atoms with Gasteiger partial charge in [-0.3, -0.25) is 24.5 Å². The summed E-state index contributed by atoms with van der Waals surface area (Å²) in [5, 5.41) is 20.1. The van der Waals surface area contributed by atoms with Gasteiger partial charge in [0.15, 0.2) is 0 Å². The van der Waals surface area contributed by atoms with Crippen LogP contribution < -0.4 is 16.0 Å². The van der Waals surface area contributed by atoms with Gasteiger partial charge in [0.1, 0.15) is 10.7 Å². The number of carbonyl (C=O) groups is 4. The third-order valence-electron chi connectivity index (χ3n) is 8.13. The van der Waals surface area contributed by atoms with E-state index in [0.29, 0.717) is 33.1 Å². The number of nitro benzene ring substituents is 1. The summed E-state index contributed by atoms with van der Waals surface area (Å²) in [6.07, 6.45) is 6.49. The summed E-state index contributed by atoms with van der Waals surface area (Å²) in [5.41, 5.74) is 1.82. The minimum atomic E-state index is -0.701. The number of anilines is 2. The van der Waals surface area contributed by atoms with Gasteiger partial charge in [0, 0.05) is 27.1 Å². The van der Waals surface area contributed by atoms with Crippen LogP contribution in [0.4, 0.5) is 16.4 Å². The van der Waals surface area contributed by atoms with Crippen LogP contribution in [0.15, 0.2) is 89.5 Å². The molecule has 5 rings (SSSR count). The number of hydrogen-bond donors (Lipinski definition) is 3. The first kappa shape index (κ1) is 37.0. The lowest BCUT2D eigenvalue weighted by atomic mass is 10.1. The standard InChI is InChI=1S/C38H38N4O7S2/c1-3-31(36(45)41-37-33(38(46)49-4-2)28-19-9-6-10-21-32(28)51-37)50-27-18-13-17-26(23-27)39-35(44)29(40-34(43)24-14-7-5-8-15-24)22-25-16-11-12-20-30(25)42(47)48/h5,7-8,11-18,20,22-23,31H,3-4,6,9-10,19,21H2,1-2H3,(H,39,44)(H,40,43)(H,41,45)/b29-22+. The fourth-order valence-corrected chi connectivity index (χ4v) is 7.94. The molecule has 1 aliphatic rings. The fourth-order valence-electron chi connectivity index (χ4n) is 5.65. The molecule has 51 heavy (non-hydrogen) atoms. The van der Waals surface area contributed by atoms with Crippen molar-refractivity contribution in [2.75, 3.05) is 17.2 Å². The average Bonchev–Trinajstić information content (AvgIpc) is 3.30. The monoisotopic (exact) mass is 726 g/mol. The highest BCUT2D eigenvalue weighted by Gasteiger charge is 2.28. The minimum absolute atomic E-state index is 0.135. The maximum atomic E-state index is 13.6. The zero-order valence-electron chi connectivity index (χ0n) is 28.2. The number of nitrogens with zero attached hydrogens (tertiary/aromatic N) is 1. The number of ether oxygens (including phenoxy) is 1. The van der Waals surface area contributed by atoms with E-state index in [9.17, 15) is 29.3 Å². The molecule has 264 valence electrons. The molecule has 0 bridgehead atoms. The summed E-state index contributed by atoms with van der Waals surface area (Å²) < 4.78 is 5.37. The number of rotatable bonds is 13. The van der Waals surface area contributed by atoms with Gasteiger partial charge in [0.2, 0.25) is 5.91 Å². The van der Waals surface area contributed by atoms with Gasteiger partial charge in [-0.15, -0.1) is 23.1 Å². The molecule has 13 heteroatoms. The number of thiophene rings is 1. The zero-order chi connectivity index (χ0) is 36.3. The topological polar surface area (TPSA) is 157 Å². The Morgan fingerprint density at radius 3 is 2.43 bits per heavy atom. The highest BCUT2D eigenvalue weighted by Crippen LogP contribution is 2.39. The highest BCUT2D eigenvalue weighted by molar-refractivity contribution is 8.00. The summed E-state index contributed by atoms with van der Waals surface area (Å²) in [6.45, 7) is 3.89. The second-order valence-corrected chi connectivity index (χ2v) is 14.1. The number of para-hydroxylation sites is 1. The first-order valence-electron chi connectivity index (χ1n) is 16.7. The first-order chi connectivity index (χ1) is 24.7. The Hall–Kier alpha value is -5.27. The number of nitro groups is 1. The molecule has 1 heterocycles. The molecule has 1 atom stereocenters. The van der Waals surface area contributed by atoms with Gasteiger partial charge in [-0.05, 0) is 87.1 Å². The largest absolute Gasteiger partial charge is 0.462 e. The van der Waals surface area contributed by atoms with Crippen molar-refractivity contribution in [1.82, 2.24) is 5.32 Å². The molecule has 0 saturated carbocycles. The molecule has 3 aromatic carbocycles. The van der Waals surface area contributed by atoms with E-state index in [1.165, 1.54) is 47.4 Å². The van der Waals surface area contributed by atoms with Gasteiger partial charge in [-0.25, -0.2) is 4.79 Å².